The Kier molecular flexibility index (Phi) is 4.39. The SMILES string of the molecule is OC(/C=C/c1ccc2ccccc2c1)(c1ccccc1)c1ccccc1. The van der Waals surface area contributed by atoms with Crippen LogP contribution in [-0.2, 0) is 5.60 Å². The fraction of sp³-hybridized carbons (Fsp3) is 0.0400. The lowest BCUT2D eigenvalue weighted by atomic mass is 9.85. The largest absolute Gasteiger partial charge is 0.377 e. The predicted molar refractivity (Wildman–Crippen MR) is 109 cm³/mol. The Morgan fingerprint density at radius 1 is 0.577 bits per heavy atom. The van der Waals surface area contributed by atoms with Gasteiger partial charge in [0.15, 0.2) is 0 Å². The van der Waals surface area contributed by atoms with Gasteiger partial charge >= 0.3 is 0 Å². The summed E-state index contributed by atoms with van der Waals surface area (Å²) < 4.78 is 0. The molecule has 0 aliphatic heterocycles. The van der Waals surface area contributed by atoms with Crippen molar-refractivity contribution < 1.29 is 5.11 Å². The maximum atomic E-state index is 11.5. The van der Waals surface area contributed by atoms with Crippen LogP contribution in [0.25, 0.3) is 16.8 Å². The molecular formula is C25H20O. The first-order chi connectivity index (χ1) is 12.8. The zero-order chi connectivity index (χ0) is 17.8. The number of benzene rings is 4. The second-order valence-corrected chi connectivity index (χ2v) is 6.44. The van der Waals surface area contributed by atoms with Crippen LogP contribution in [0.15, 0.2) is 109 Å². The molecule has 0 atom stereocenters. The second kappa shape index (κ2) is 6.99. The van der Waals surface area contributed by atoms with Crippen LogP contribution in [0.5, 0.6) is 0 Å². The Labute approximate surface area is 153 Å². The van der Waals surface area contributed by atoms with E-state index in [0.717, 1.165) is 16.7 Å². The molecule has 0 bridgehead atoms. The minimum Gasteiger partial charge on any atom is -0.377 e. The van der Waals surface area contributed by atoms with Crippen molar-refractivity contribution >= 4 is 16.8 Å². The van der Waals surface area contributed by atoms with Gasteiger partial charge in [-0.3, -0.25) is 0 Å². The molecule has 1 nitrogen and oxygen atoms in total. The minimum atomic E-state index is -1.17. The lowest BCUT2D eigenvalue weighted by molar-refractivity contribution is 0.135. The van der Waals surface area contributed by atoms with E-state index in [1.807, 2.05) is 84.9 Å². The van der Waals surface area contributed by atoms with Crippen LogP contribution >= 0.6 is 0 Å². The molecule has 0 saturated carbocycles. The number of hydrogen-bond donors (Lipinski definition) is 1. The molecule has 0 saturated heterocycles. The van der Waals surface area contributed by atoms with E-state index in [1.165, 1.54) is 10.8 Å². The average Bonchev–Trinajstić information content (AvgIpc) is 2.73. The lowest BCUT2D eigenvalue weighted by Gasteiger charge is -2.26. The Balaban J connectivity index is 1.78. The molecule has 0 spiro atoms. The maximum absolute atomic E-state index is 11.5. The van der Waals surface area contributed by atoms with Crippen LogP contribution in [0, 0.1) is 0 Å². The van der Waals surface area contributed by atoms with Crippen LogP contribution in [-0.4, -0.2) is 5.11 Å². The number of fused-ring (bicyclic) bond motifs is 1. The fourth-order valence-corrected chi connectivity index (χ4v) is 3.27. The second-order valence-electron chi connectivity index (χ2n) is 6.44. The summed E-state index contributed by atoms with van der Waals surface area (Å²) in [5.41, 5.74) is 1.59. The highest BCUT2D eigenvalue weighted by atomic mass is 16.3. The molecule has 0 aliphatic carbocycles. The molecule has 0 aromatic heterocycles. The van der Waals surface area contributed by atoms with E-state index in [0.29, 0.717) is 0 Å². The van der Waals surface area contributed by atoms with Crippen LogP contribution < -0.4 is 0 Å². The van der Waals surface area contributed by atoms with Crippen LogP contribution in [0.2, 0.25) is 0 Å². The number of hydrogen-bond acceptors (Lipinski definition) is 1. The van der Waals surface area contributed by atoms with E-state index in [9.17, 15) is 5.11 Å². The summed E-state index contributed by atoms with van der Waals surface area (Å²) >= 11 is 0. The van der Waals surface area contributed by atoms with Crippen molar-refractivity contribution in [2.45, 2.75) is 5.60 Å². The molecule has 126 valence electrons. The molecule has 0 fully saturated rings. The Hall–Kier alpha value is -3.16. The highest BCUT2D eigenvalue weighted by Crippen LogP contribution is 2.32. The Morgan fingerprint density at radius 2 is 1.12 bits per heavy atom. The highest BCUT2D eigenvalue weighted by Gasteiger charge is 2.28. The van der Waals surface area contributed by atoms with Gasteiger partial charge in [0.2, 0.25) is 0 Å². The maximum Gasteiger partial charge on any atom is 0.134 e. The van der Waals surface area contributed by atoms with Crippen molar-refractivity contribution in [3.05, 3.63) is 126 Å². The summed E-state index contributed by atoms with van der Waals surface area (Å²) in [6.07, 6.45) is 3.87. The first kappa shape index (κ1) is 16.3. The first-order valence-corrected chi connectivity index (χ1v) is 8.77. The van der Waals surface area contributed by atoms with Crippen molar-refractivity contribution in [3.8, 4) is 0 Å². The summed E-state index contributed by atoms with van der Waals surface area (Å²) in [6, 6.07) is 34.2. The monoisotopic (exact) mass is 336 g/mol. The molecule has 0 amide bonds. The quantitative estimate of drug-likeness (QED) is 0.500. The topological polar surface area (TPSA) is 20.2 Å². The van der Waals surface area contributed by atoms with E-state index in [1.54, 1.807) is 0 Å². The van der Waals surface area contributed by atoms with Gasteiger partial charge in [0, 0.05) is 0 Å². The van der Waals surface area contributed by atoms with Crippen molar-refractivity contribution in [1.82, 2.24) is 0 Å². The summed E-state index contributed by atoms with van der Waals surface area (Å²) in [5.74, 6) is 0. The van der Waals surface area contributed by atoms with E-state index in [-0.39, 0.29) is 0 Å². The van der Waals surface area contributed by atoms with E-state index in [2.05, 4.69) is 30.3 Å². The number of aliphatic hydroxyl groups is 1. The van der Waals surface area contributed by atoms with Gasteiger partial charge in [-0.25, -0.2) is 0 Å². The molecule has 0 heterocycles. The predicted octanol–water partition coefficient (Wildman–Crippen LogP) is 5.79. The van der Waals surface area contributed by atoms with Crippen molar-refractivity contribution in [2.75, 3.05) is 0 Å². The van der Waals surface area contributed by atoms with Crippen molar-refractivity contribution in [2.24, 2.45) is 0 Å². The van der Waals surface area contributed by atoms with E-state index >= 15 is 0 Å². The third kappa shape index (κ3) is 3.17. The van der Waals surface area contributed by atoms with Gasteiger partial charge in [-0.1, -0.05) is 103 Å². The smallest absolute Gasteiger partial charge is 0.134 e. The summed E-state index contributed by atoms with van der Waals surface area (Å²) in [6.45, 7) is 0. The van der Waals surface area contributed by atoms with Gasteiger partial charge in [-0.2, -0.15) is 0 Å². The van der Waals surface area contributed by atoms with Crippen LogP contribution in [0.4, 0.5) is 0 Å². The van der Waals surface area contributed by atoms with Gasteiger partial charge in [0.25, 0.3) is 0 Å². The zero-order valence-electron chi connectivity index (χ0n) is 14.4. The molecule has 1 heteroatoms. The zero-order valence-corrected chi connectivity index (χ0v) is 14.4. The van der Waals surface area contributed by atoms with Crippen LogP contribution in [0.3, 0.4) is 0 Å². The lowest BCUT2D eigenvalue weighted by Crippen LogP contribution is -2.24. The van der Waals surface area contributed by atoms with E-state index in [4.69, 9.17) is 0 Å². The van der Waals surface area contributed by atoms with Gasteiger partial charge in [-0.05, 0) is 39.6 Å². The van der Waals surface area contributed by atoms with Gasteiger partial charge in [-0.15, -0.1) is 0 Å². The highest BCUT2D eigenvalue weighted by molar-refractivity contribution is 5.84. The third-order valence-corrected chi connectivity index (χ3v) is 4.72. The Bertz CT molecular complexity index is 994. The molecular weight excluding hydrogens is 316 g/mol. The van der Waals surface area contributed by atoms with E-state index < -0.39 is 5.60 Å². The summed E-state index contributed by atoms with van der Waals surface area (Å²) in [7, 11) is 0. The van der Waals surface area contributed by atoms with Gasteiger partial charge < -0.3 is 5.11 Å². The molecule has 4 aromatic carbocycles. The molecule has 0 radical (unpaired) electrons. The summed E-state index contributed by atoms with van der Waals surface area (Å²) in [5, 5.41) is 13.9. The standard InChI is InChI=1S/C25H20O/c26-25(23-11-3-1-4-12-23,24-13-5-2-6-14-24)18-17-20-15-16-21-9-7-8-10-22(21)19-20/h1-19,26H/b18-17+. The normalized spacial score (nSPS) is 11.9. The molecule has 4 rings (SSSR count). The molecule has 1 N–H and O–H groups in total. The average molecular weight is 336 g/mol. The van der Waals surface area contributed by atoms with Crippen LogP contribution in [0.1, 0.15) is 16.7 Å². The third-order valence-electron chi connectivity index (χ3n) is 4.72. The van der Waals surface area contributed by atoms with Gasteiger partial charge in [0.1, 0.15) is 5.60 Å². The molecule has 0 aliphatic rings. The summed E-state index contributed by atoms with van der Waals surface area (Å²) in [4.78, 5) is 0. The van der Waals surface area contributed by atoms with Gasteiger partial charge in [0.05, 0.1) is 0 Å². The molecule has 0 unspecified atom stereocenters. The van der Waals surface area contributed by atoms with Crippen molar-refractivity contribution in [3.63, 3.8) is 0 Å². The molecule has 26 heavy (non-hydrogen) atoms. The minimum absolute atomic E-state index is 0.850. The fourth-order valence-electron chi connectivity index (χ4n) is 3.27. The number of rotatable bonds is 4. The molecule has 4 aromatic rings. The first-order valence-electron chi connectivity index (χ1n) is 8.77. The van der Waals surface area contributed by atoms with Crippen molar-refractivity contribution in [1.29, 1.82) is 0 Å². The Morgan fingerprint density at radius 3 is 1.73 bits per heavy atom.